The second-order valence-electron chi connectivity index (χ2n) is 12.5. The van der Waals surface area contributed by atoms with E-state index < -0.39 is 27.5 Å². The molecule has 0 spiro atoms. The van der Waals surface area contributed by atoms with Crippen LogP contribution in [0, 0.1) is 0 Å². The Balaban J connectivity index is 1.64. The van der Waals surface area contributed by atoms with Gasteiger partial charge in [0.1, 0.15) is 17.8 Å². The molecule has 10 nitrogen and oxygen atoms in total. The normalized spacial score (nSPS) is 20.3. The molecule has 1 aromatic heterocycles. The SMILES string of the molecule is COc1ccc(S(=O)(=O)N2C(=O)C(c3cc(CNC(C)(C)C)ccc3OC)(N3CCCC3c3ncco3)c3cc(Cl)ccc32)cc1. The van der Waals surface area contributed by atoms with Crippen LogP contribution in [0.25, 0.3) is 0 Å². The van der Waals surface area contributed by atoms with Gasteiger partial charge in [0.25, 0.3) is 15.9 Å². The Bertz CT molecular complexity index is 1860. The number of ether oxygens (including phenoxy) is 2. The van der Waals surface area contributed by atoms with Crippen molar-refractivity contribution in [2.75, 3.05) is 25.1 Å². The topological polar surface area (TPSA) is 114 Å². The van der Waals surface area contributed by atoms with Crippen molar-refractivity contribution in [3.05, 3.63) is 101 Å². The molecular weight excluding hydrogens is 628 g/mol. The molecule has 0 radical (unpaired) electrons. The first-order valence-electron chi connectivity index (χ1n) is 15.0. The van der Waals surface area contributed by atoms with Crippen molar-refractivity contribution in [1.82, 2.24) is 15.2 Å². The molecule has 46 heavy (non-hydrogen) atoms. The van der Waals surface area contributed by atoms with Gasteiger partial charge in [-0.1, -0.05) is 17.7 Å². The van der Waals surface area contributed by atoms with Gasteiger partial charge in [0, 0.05) is 34.8 Å². The Morgan fingerprint density at radius 2 is 1.80 bits per heavy atom. The molecule has 2 atom stereocenters. The molecule has 3 aromatic carbocycles. The number of methoxy groups -OCH3 is 2. The molecule has 1 amide bonds. The molecular formula is C34H37ClN4O6S. The number of halogens is 1. The Labute approximate surface area is 274 Å². The second-order valence-corrected chi connectivity index (χ2v) is 14.7. The summed E-state index contributed by atoms with van der Waals surface area (Å²) < 4.78 is 46.9. The number of oxazole rings is 1. The summed E-state index contributed by atoms with van der Waals surface area (Å²) >= 11 is 6.66. The number of nitrogens with zero attached hydrogens (tertiary/aromatic N) is 3. The minimum Gasteiger partial charge on any atom is -0.497 e. The van der Waals surface area contributed by atoms with Gasteiger partial charge in [-0.15, -0.1) is 0 Å². The van der Waals surface area contributed by atoms with Gasteiger partial charge in [-0.05, 0) is 93.8 Å². The summed E-state index contributed by atoms with van der Waals surface area (Å²) in [7, 11) is -1.37. The van der Waals surface area contributed by atoms with Gasteiger partial charge in [0.05, 0.1) is 37.0 Å². The van der Waals surface area contributed by atoms with E-state index in [-0.39, 0.29) is 16.1 Å². The van der Waals surface area contributed by atoms with Gasteiger partial charge in [0.2, 0.25) is 5.89 Å². The Morgan fingerprint density at radius 3 is 2.46 bits per heavy atom. The molecule has 0 saturated carbocycles. The zero-order chi connectivity index (χ0) is 32.9. The number of rotatable bonds is 9. The molecule has 1 saturated heterocycles. The number of likely N-dealkylation sites (tertiary alicyclic amines) is 1. The Kier molecular flexibility index (Phi) is 8.39. The summed E-state index contributed by atoms with van der Waals surface area (Å²) in [6.07, 6.45) is 4.43. The van der Waals surface area contributed by atoms with Crippen LogP contribution in [0.2, 0.25) is 5.02 Å². The molecule has 2 aliphatic heterocycles. The van der Waals surface area contributed by atoms with Crippen LogP contribution in [-0.4, -0.2) is 50.5 Å². The highest BCUT2D eigenvalue weighted by Gasteiger charge is 2.62. The highest BCUT2D eigenvalue weighted by molar-refractivity contribution is 7.93. The van der Waals surface area contributed by atoms with E-state index in [1.54, 1.807) is 43.6 Å². The molecule has 3 heterocycles. The molecule has 1 fully saturated rings. The van der Waals surface area contributed by atoms with E-state index in [2.05, 4.69) is 31.1 Å². The van der Waals surface area contributed by atoms with Crippen LogP contribution in [0.15, 0.2) is 82.4 Å². The summed E-state index contributed by atoms with van der Waals surface area (Å²) in [5.74, 6) is 0.692. The lowest BCUT2D eigenvalue weighted by atomic mass is 9.80. The largest absolute Gasteiger partial charge is 0.497 e. The lowest BCUT2D eigenvalue weighted by molar-refractivity contribution is -0.127. The fourth-order valence-corrected chi connectivity index (χ4v) is 8.10. The molecule has 1 N–H and O–H groups in total. The highest BCUT2D eigenvalue weighted by Crippen LogP contribution is 2.56. The predicted molar refractivity (Wildman–Crippen MR) is 175 cm³/mol. The number of benzene rings is 3. The van der Waals surface area contributed by atoms with E-state index in [0.29, 0.717) is 53.0 Å². The summed E-state index contributed by atoms with van der Waals surface area (Å²) in [4.78, 5) is 21.9. The van der Waals surface area contributed by atoms with Crippen molar-refractivity contribution in [1.29, 1.82) is 0 Å². The van der Waals surface area contributed by atoms with Gasteiger partial charge in [-0.25, -0.2) is 17.7 Å². The number of hydrogen-bond acceptors (Lipinski definition) is 9. The average Bonchev–Trinajstić information content (AvgIpc) is 3.78. The number of fused-ring (bicyclic) bond motifs is 1. The first-order valence-corrected chi connectivity index (χ1v) is 16.9. The maximum atomic E-state index is 15.5. The van der Waals surface area contributed by atoms with Gasteiger partial charge in [-0.2, -0.15) is 0 Å². The van der Waals surface area contributed by atoms with E-state index in [4.69, 9.17) is 25.5 Å². The van der Waals surface area contributed by atoms with Crippen LogP contribution in [0.4, 0.5) is 5.69 Å². The van der Waals surface area contributed by atoms with Gasteiger partial charge < -0.3 is 19.2 Å². The molecule has 4 aromatic rings. The van der Waals surface area contributed by atoms with Gasteiger partial charge >= 0.3 is 0 Å². The number of aromatic nitrogens is 1. The van der Waals surface area contributed by atoms with Crippen molar-refractivity contribution in [2.24, 2.45) is 0 Å². The first-order chi connectivity index (χ1) is 21.9. The highest BCUT2D eigenvalue weighted by atomic mass is 35.5. The minimum absolute atomic E-state index is 0.0564. The standard InChI is InChI=1S/C34H37ClN4O6S/c1-33(2,3)37-21-22-8-15-30(44-5)27(19-22)34(38-17-6-7-29(38)31-36-16-18-45-31)26-20-23(35)9-14-28(26)39(32(34)40)46(41,42)25-12-10-24(43-4)11-13-25/h8-16,18-20,29,37H,6-7,17,21H2,1-5H3. The summed E-state index contributed by atoms with van der Waals surface area (Å²) in [5, 5.41) is 3.87. The van der Waals surface area contributed by atoms with E-state index in [1.165, 1.54) is 25.5 Å². The van der Waals surface area contributed by atoms with Crippen molar-refractivity contribution in [3.8, 4) is 11.5 Å². The van der Waals surface area contributed by atoms with Crippen LogP contribution in [0.1, 0.15) is 62.2 Å². The number of carbonyl (C=O) groups excluding carboxylic acids is 1. The number of hydrogen-bond donors (Lipinski definition) is 1. The lowest BCUT2D eigenvalue weighted by Gasteiger charge is -2.41. The quantitative estimate of drug-likeness (QED) is 0.228. The third-order valence-electron chi connectivity index (χ3n) is 8.56. The second kappa shape index (κ2) is 12.0. The third-order valence-corrected chi connectivity index (χ3v) is 10.5. The molecule has 6 rings (SSSR count). The maximum absolute atomic E-state index is 15.5. The zero-order valence-corrected chi connectivity index (χ0v) is 28.0. The van der Waals surface area contributed by atoms with Crippen molar-refractivity contribution in [3.63, 3.8) is 0 Å². The molecule has 12 heteroatoms. The van der Waals surface area contributed by atoms with E-state index in [1.807, 2.05) is 23.1 Å². The van der Waals surface area contributed by atoms with Crippen LogP contribution in [0.5, 0.6) is 11.5 Å². The molecule has 0 bridgehead atoms. The van der Waals surface area contributed by atoms with Crippen molar-refractivity contribution in [2.45, 2.75) is 62.2 Å². The number of nitrogens with one attached hydrogen (secondary N) is 1. The summed E-state index contributed by atoms with van der Waals surface area (Å²) in [6.45, 7) is 7.18. The van der Waals surface area contributed by atoms with Crippen LogP contribution < -0.4 is 19.1 Å². The smallest absolute Gasteiger partial charge is 0.271 e. The van der Waals surface area contributed by atoms with Gasteiger partial charge in [-0.3, -0.25) is 9.69 Å². The number of sulfonamides is 1. The monoisotopic (exact) mass is 664 g/mol. The minimum atomic E-state index is -4.41. The lowest BCUT2D eigenvalue weighted by Crippen LogP contribution is -2.54. The van der Waals surface area contributed by atoms with E-state index >= 15 is 4.79 Å². The Hall–Kier alpha value is -3.90. The summed E-state index contributed by atoms with van der Waals surface area (Å²) in [5.41, 5.74) is 0.198. The third kappa shape index (κ3) is 5.34. The first kappa shape index (κ1) is 32.1. The average molecular weight is 665 g/mol. The molecule has 242 valence electrons. The van der Waals surface area contributed by atoms with E-state index in [0.717, 1.165) is 16.3 Å². The zero-order valence-electron chi connectivity index (χ0n) is 26.4. The summed E-state index contributed by atoms with van der Waals surface area (Å²) in [6, 6.07) is 16.1. The van der Waals surface area contributed by atoms with Crippen molar-refractivity contribution < 1.29 is 27.1 Å². The molecule has 2 unspecified atom stereocenters. The van der Waals surface area contributed by atoms with Gasteiger partial charge in [0.15, 0.2) is 5.54 Å². The molecule has 2 aliphatic rings. The number of amides is 1. The van der Waals surface area contributed by atoms with Crippen LogP contribution in [-0.2, 0) is 26.9 Å². The fourth-order valence-electron chi connectivity index (χ4n) is 6.47. The molecule has 0 aliphatic carbocycles. The number of carbonyl (C=O) groups is 1. The van der Waals surface area contributed by atoms with Crippen molar-refractivity contribution >= 4 is 33.2 Å². The maximum Gasteiger partial charge on any atom is 0.271 e. The predicted octanol–water partition coefficient (Wildman–Crippen LogP) is 6.05. The van der Waals surface area contributed by atoms with Crippen LogP contribution in [0.3, 0.4) is 0 Å². The number of anilines is 1. The van der Waals surface area contributed by atoms with Crippen LogP contribution >= 0.6 is 11.6 Å². The fraction of sp³-hybridized carbons (Fsp3) is 0.353. The Morgan fingerprint density at radius 1 is 1.04 bits per heavy atom. The van der Waals surface area contributed by atoms with E-state index in [9.17, 15) is 8.42 Å².